The zero-order valence-electron chi connectivity index (χ0n) is 10.6. The van der Waals surface area contributed by atoms with Crippen molar-refractivity contribution in [2.75, 3.05) is 44.7 Å². The summed E-state index contributed by atoms with van der Waals surface area (Å²) in [7, 11) is -4.35. The molecule has 0 spiro atoms. The molecule has 0 saturated carbocycles. The number of sulfonamides is 1. The van der Waals surface area contributed by atoms with Gasteiger partial charge >= 0.3 is 0 Å². The molecule has 2 saturated heterocycles. The molecule has 2 rings (SSSR count). The average Bonchev–Trinajstić information content (AvgIpc) is 2.29. The predicted octanol–water partition coefficient (Wildman–Crippen LogP) is -0.859. The Balaban J connectivity index is 2.03. The van der Waals surface area contributed by atoms with Crippen molar-refractivity contribution in [1.82, 2.24) is 9.21 Å². The van der Waals surface area contributed by atoms with Crippen molar-refractivity contribution in [3.8, 4) is 0 Å². The van der Waals surface area contributed by atoms with E-state index in [0.29, 0.717) is 13.1 Å². The molecular weight excluding hydrogens is 276 g/mol. The summed E-state index contributed by atoms with van der Waals surface area (Å²) < 4.78 is 48.9. The second-order valence-electron chi connectivity index (χ2n) is 5.10. The first-order chi connectivity index (χ1) is 8.31. The lowest BCUT2D eigenvalue weighted by atomic mass is 10.2. The molecule has 2 heterocycles. The molecule has 0 amide bonds. The summed E-state index contributed by atoms with van der Waals surface area (Å²) in [6.45, 7) is 2.51. The third-order valence-electron chi connectivity index (χ3n) is 3.75. The average molecular weight is 296 g/mol. The zero-order valence-corrected chi connectivity index (χ0v) is 12.2. The minimum absolute atomic E-state index is 0.00460. The molecule has 6 nitrogen and oxygen atoms in total. The van der Waals surface area contributed by atoms with E-state index in [4.69, 9.17) is 0 Å². The second kappa shape index (κ2) is 5.07. The van der Waals surface area contributed by atoms with Gasteiger partial charge in [-0.05, 0) is 19.9 Å². The Kier molecular flexibility index (Phi) is 4.01. The smallest absolute Gasteiger partial charge is 0.217 e. The van der Waals surface area contributed by atoms with Gasteiger partial charge in [-0.25, -0.2) is 16.8 Å². The summed E-state index contributed by atoms with van der Waals surface area (Å²) in [5, 5.41) is -0.510. The van der Waals surface area contributed by atoms with Crippen LogP contribution in [0.25, 0.3) is 0 Å². The highest BCUT2D eigenvalue weighted by molar-refractivity contribution is 7.92. The van der Waals surface area contributed by atoms with E-state index in [1.165, 1.54) is 4.31 Å². The molecule has 0 aromatic rings. The van der Waals surface area contributed by atoms with Crippen LogP contribution in [0.2, 0.25) is 0 Å². The lowest BCUT2D eigenvalue weighted by molar-refractivity contribution is 0.220. The van der Waals surface area contributed by atoms with E-state index in [2.05, 4.69) is 4.90 Å². The van der Waals surface area contributed by atoms with Crippen molar-refractivity contribution in [3.05, 3.63) is 0 Å². The lowest BCUT2D eigenvalue weighted by Crippen LogP contribution is -2.51. The molecule has 0 radical (unpaired) electrons. The van der Waals surface area contributed by atoms with Crippen LogP contribution in [0.5, 0.6) is 0 Å². The van der Waals surface area contributed by atoms with Crippen LogP contribution in [0, 0.1) is 0 Å². The first-order valence-electron chi connectivity index (χ1n) is 6.19. The third-order valence-corrected chi connectivity index (χ3v) is 7.86. The molecule has 0 aromatic heterocycles. The highest BCUT2D eigenvalue weighted by atomic mass is 32.2. The first kappa shape index (κ1) is 14.2. The van der Waals surface area contributed by atoms with Crippen molar-refractivity contribution in [2.45, 2.75) is 18.1 Å². The molecule has 0 bridgehead atoms. The van der Waals surface area contributed by atoms with Gasteiger partial charge in [0.05, 0.1) is 16.8 Å². The number of likely N-dealkylation sites (N-methyl/N-ethyl adjacent to an activating group) is 1. The molecule has 0 atom stereocenters. The predicted molar refractivity (Wildman–Crippen MR) is 69.7 cm³/mol. The van der Waals surface area contributed by atoms with Gasteiger partial charge in [0.25, 0.3) is 0 Å². The highest BCUT2D eigenvalue weighted by Crippen LogP contribution is 2.23. The molecule has 0 aromatic carbocycles. The zero-order chi connectivity index (χ0) is 13.4. The molecule has 2 aliphatic rings. The Labute approximate surface area is 109 Å². The molecule has 106 valence electrons. The summed E-state index contributed by atoms with van der Waals surface area (Å²) in [6, 6.07) is 0. The van der Waals surface area contributed by atoms with Crippen LogP contribution in [-0.2, 0) is 19.9 Å². The van der Waals surface area contributed by atoms with Crippen LogP contribution in [0.3, 0.4) is 0 Å². The minimum Gasteiger partial charge on any atom is -0.304 e. The Bertz CT molecular complexity index is 478. The maximum Gasteiger partial charge on any atom is 0.217 e. The van der Waals surface area contributed by atoms with Gasteiger partial charge in [0.1, 0.15) is 9.84 Å². The number of hydrogen-bond donors (Lipinski definition) is 0. The van der Waals surface area contributed by atoms with E-state index < -0.39 is 25.1 Å². The van der Waals surface area contributed by atoms with Crippen LogP contribution in [0.1, 0.15) is 12.8 Å². The number of rotatable bonds is 2. The van der Waals surface area contributed by atoms with Crippen LogP contribution >= 0.6 is 0 Å². The molecule has 2 fully saturated rings. The maximum absolute atomic E-state index is 12.4. The largest absolute Gasteiger partial charge is 0.304 e. The summed E-state index contributed by atoms with van der Waals surface area (Å²) >= 11 is 0. The molecule has 18 heavy (non-hydrogen) atoms. The van der Waals surface area contributed by atoms with E-state index in [1.807, 2.05) is 7.05 Å². The van der Waals surface area contributed by atoms with Gasteiger partial charge in [0.15, 0.2) is 0 Å². The van der Waals surface area contributed by atoms with Crippen LogP contribution < -0.4 is 0 Å². The van der Waals surface area contributed by atoms with Gasteiger partial charge in [-0.15, -0.1) is 0 Å². The fraction of sp³-hybridized carbons (Fsp3) is 1.00. The third kappa shape index (κ3) is 3.04. The summed E-state index contributed by atoms with van der Waals surface area (Å²) in [5.74, 6) is 0.00921. The van der Waals surface area contributed by atoms with Gasteiger partial charge in [-0.2, -0.15) is 4.31 Å². The molecule has 2 aliphatic heterocycles. The Morgan fingerprint density at radius 2 is 1.50 bits per heavy atom. The van der Waals surface area contributed by atoms with Crippen molar-refractivity contribution in [3.63, 3.8) is 0 Å². The first-order valence-corrected chi connectivity index (χ1v) is 9.52. The number of sulfone groups is 1. The topological polar surface area (TPSA) is 74.8 Å². The lowest BCUT2D eigenvalue weighted by Gasteiger charge is -2.35. The quantitative estimate of drug-likeness (QED) is 0.663. The van der Waals surface area contributed by atoms with Gasteiger partial charge in [0, 0.05) is 26.2 Å². The van der Waals surface area contributed by atoms with Crippen molar-refractivity contribution in [2.24, 2.45) is 0 Å². The number of nitrogens with zero attached hydrogens (tertiary/aromatic N) is 2. The minimum atomic E-state index is -3.32. The van der Waals surface area contributed by atoms with E-state index in [0.717, 1.165) is 13.1 Å². The SMILES string of the molecule is CN1CCN(S(=O)(=O)C2CCS(=O)(=O)CC2)CC1. The Hall–Kier alpha value is -0.180. The van der Waals surface area contributed by atoms with Gasteiger partial charge < -0.3 is 4.90 Å². The molecule has 0 aliphatic carbocycles. The van der Waals surface area contributed by atoms with E-state index >= 15 is 0 Å². The van der Waals surface area contributed by atoms with Crippen LogP contribution in [-0.4, -0.2) is 76.0 Å². The highest BCUT2D eigenvalue weighted by Gasteiger charge is 2.37. The molecule has 0 unspecified atom stereocenters. The van der Waals surface area contributed by atoms with Crippen LogP contribution in [0.15, 0.2) is 0 Å². The normalized spacial score (nSPS) is 28.3. The Morgan fingerprint density at radius 3 is 2.00 bits per heavy atom. The molecular formula is C10H20N2O4S2. The second-order valence-corrected chi connectivity index (χ2v) is 9.62. The van der Waals surface area contributed by atoms with E-state index in [9.17, 15) is 16.8 Å². The summed E-state index contributed by atoms with van der Waals surface area (Å²) in [6.07, 6.45) is 0.494. The van der Waals surface area contributed by atoms with Crippen LogP contribution in [0.4, 0.5) is 0 Å². The van der Waals surface area contributed by atoms with Gasteiger partial charge in [-0.3, -0.25) is 0 Å². The van der Waals surface area contributed by atoms with Crippen molar-refractivity contribution in [1.29, 1.82) is 0 Å². The maximum atomic E-state index is 12.4. The van der Waals surface area contributed by atoms with Crippen molar-refractivity contribution < 1.29 is 16.8 Å². The molecule has 8 heteroatoms. The fourth-order valence-corrected chi connectivity index (χ4v) is 6.13. The monoisotopic (exact) mass is 296 g/mol. The van der Waals surface area contributed by atoms with E-state index in [-0.39, 0.29) is 24.3 Å². The number of hydrogen-bond acceptors (Lipinski definition) is 5. The van der Waals surface area contributed by atoms with Crippen molar-refractivity contribution >= 4 is 19.9 Å². The van der Waals surface area contributed by atoms with Gasteiger partial charge in [-0.1, -0.05) is 0 Å². The summed E-state index contributed by atoms with van der Waals surface area (Å²) in [4.78, 5) is 2.09. The van der Waals surface area contributed by atoms with E-state index in [1.54, 1.807) is 0 Å². The summed E-state index contributed by atoms with van der Waals surface area (Å²) in [5.41, 5.74) is 0. The van der Waals surface area contributed by atoms with Gasteiger partial charge in [0.2, 0.25) is 10.0 Å². The fourth-order valence-electron chi connectivity index (χ4n) is 2.42. The standard InChI is InChI=1S/C10H20N2O4S2/c1-11-4-6-12(7-5-11)18(15,16)10-2-8-17(13,14)9-3-10/h10H,2-9H2,1H3. The Morgan fingerprint density at radius 1 is 1.00 bits per heavy atom. The molecule has 0 N–H and O–H groups in total. The number of piperazine rings is 1.